The average Bonchev–Trinajstić information content (AvgIpc) is 2.88. The first-order valence-corrected chi connectivity index (χ1v) is 5.76. The molecule has 2 rings (SSSR count). The van der Waals surface area contributed by atoms with E-state index in [-0.39, 0.29) is 12.1 Å². The monoisotopic (exact) mass is 213 g/mol. The number of rotatable bonds is 4. The zero-order valence-electron chi connectivity index (χ0n) is 8.40. The standard InChI is InChI=1S/C9H15N3OS/c1-5(6(2)13)10-9-12-11-8(14-9)7-3-4-7/h5-7,13H,3-4H2,1-2H3,(H,10,12). The minimum Gasteiger partial charge on any atom is -0.391 e. The molecule has 0 radical (unpaired) electrons. The zero-order valence-corrected chi connectivity index (χ0v) is 9.21. The van der Waals surface area contributed by atoms with Gasteiger partial charge in [-0.1, -0.05) is 11.3 Å². The lowest BCUT2D eigenvalue weighted by atomic mass is 10.2. The van der Waals surface area contributed by atoms with Gasteiger partial charge in [-0.05, 0) is 26.7 Å². The molecule has 1 aromatic heterocycles. The van der Waals surface area contributed by atoms with E-state index in [2.05, 4.69) is 15.5 Å². The molecule has 0 aromatic carbocycles. The molecule has 2 unspecified atom stereocenters. The van der Waals surface area contributed by atoms with E-state index in [1.54, 1.807) is 18.3 Å². The minimum absolute atomic E-state index is 0.0232. The fourth-order valence-corrected chi connectivity index (χ4v) is 2.11. The van der Waals surface area contributed by atoms with Crippen LogP contribution in [0, 0.1) is 0 Å². The van der Waals surface area contributed by atoms with E-state index in [1.165, 1.54) is 12.8 Å². The summed E-state index contributed by atoms with van der Waals surface area (Å²) in [5.41, 5.74) is 0. The molecule has 1 saturated carbocycles. The summed E-state index contributed by atoms with van der Waals surface area (Å²) >= 11 is 1.60. The maximum absolute atomic E-state index is 9.30. The Balaban J connectivity index is 1.95. The molecule has 0 spiro atoms. The second-order valence-electron chi connectivity index (χ2n) is 3.89. The normalized spacial score (nSPS) is 20.5. The lowest BCUT2D eigenvalue weighted by Crippen LogP contribution is -2.27. The molecule has 1 heterocycles. The van der Waals surface area contributed by atoms with Crippen LogP contribution in [0.3, 0.4) is 0 Å². The molecule has 2 N–H and O–H groups in total. The summed E-state index contributed by atoms with van der Waals surface area (Å²) in [6.07, 6.45) is 2.13. The van der Waals surface area contributed by atoms with Gasteiger partial charge in [-0.3, -0.25) is 0 Å². The van der Waals surface area contributed by atoms with Crippen molar-refractivity contribution in [3.8, 4) is 0 Å². The Bertz CT molecular complexity index is 309. The van der Waals surface area contributed by atoms with Gasteiger partial charge in [0.1, 0.15) is 5.01 Å². The molecule has 14 heavy (non-hydrogen) atoms. The lowest BCUT2D eigenvalue weighted by Gasteiger charge is -2.14. The summed E-state index contributed by atoms with van der Waals surface area (Å²) in [7, 11) is 0. The van der Waals surface area contributed by atoms with Crippen molar-refractivity contribution >= 4 is 16.5 Å². The molecule has 0 bridgehead atoms. The Morgan fingerprint density at radius 2 is 2.14 bits per heavy atom. The van der Waals surface area contributed by atoms with Crippen LogP contribution in [0.25, 0.3) is 0 Å². The molecule has 4 nitrogen and oxygen atoms in total. The Morgan fingerprint density at radius 3 is 2.71 bits per heavy atom. The molecule has 78 valence electrons. The highest BCUT2D eigenvalue weighted by Gasteiger charge is 2.27. The van der Waals surface area contributed by atoms with Crippen LogP contribution in [0.15, 0.2) is 0 Å². The van der Waals surface area contributed by atoms with Crippen LogP contribution in [0.4, 0.5) is 5.13 Å². The smallest absolute Gasteiger partial charge is 0.205 e. The number of nitrogens with one attached hydrogen (secondary N) is 1. The van der Waals surface area contributed by atoms with E-state index in [0.717, 1.165) is 10.1 Å². The van der Waals surface area contributed by atoms with Crippen molar-refractivity contribution in [1.29, 1.82) is 0 Å². The number of aliphatic hydroxyl groups is 1. The molecule has 0 aliphatic heterocycles. The lowest BCUT2D eigenvalue weighted by molar-refractivity contribution is 0.178. The van der Waals surface area contributed by atoms with Crippen molar-refractivity contribution in [3.63, 3.8) is 0 Å². The van der Waals surface area contributed by atoms with Gasteiger partial charge < -0.3 is 10.4 Å². The van der Waals surface area contributed by atoms with Gasteiger partial charge in [-0.25, -0.2) is 0 Å². The molecule has 0 amide bonds. The SMILES string of the molecule is CC(O)C(C)Nc1nnc(C2CC2)s1. The molecule has 0 saturated heterocycles. The molecule has 1 fully saturated rings. The van der Waals surface area contributed by atoms with Crippen LogP contribution in [0.5, 0.6) is 0 Å². The summed E-state index contributed by atoms with van der Waals surface area (Å²) in [5, 5.41) is 22.6. The van der Waals surface area contributed by atoms with Crippen LogP contribution in [0.1, 0.15) is 37.6 Å². The summed E-state index contributed by atoms with van der Waals surface area (Å²) in [6.45, 7) is 3.70. The summed E-state index contributed by atoms with van der Waals surface area (Å²) in [5.74, 6) is 0.657. The van der Waals surface area contributed by atoms with E-state index in [9.17, 15) is 5.11 Å². The Kier molecular flexibility index (Phi) is 2.69. The molecule has 5 heteroatoms. The van der Waals surface area contributed by atoms with E-state index < -0.39 is 0 Å². The summed E-state index contributed by atoms with van der Waals surface area (Å²) < 4.78 is 0. The van der Waals surface area contributed by atoms with Gasteiger partial charge in [0, 0.05) is 5.92 Å². The van der Waals surface area contributed by atoms with Gasteiger partial charge >= 0.3 is 0 Å². The number of aromatic nitrogens is 2. The van der Waals surface area contributed by atoms with Crippen LogP contribution in [-0.4, -0.2) is 27.4 Å². The van der Waals surface area contributed by atoms with Gasteiger partial charge in [0.05, 0.1) is 12.1 Å². The third-order valence-corrected chi connectivity index (χ3v) is 3.46. The van der Waals surface area contributed by atoms with Gasteiger partial charge in [0.2, 0.25) is 5.13 Å². The highest BCUT2D eigenvalue weighted by Crippen LogP contribution is 2.42. The maximum atomic E-state index is 9.30. The largest absolute Gasteiger partial charge is 0.391 e. The zero-order chi connectivity index (χ0) is 10.1. The average molecular weight is 213 g/mol. The highest BCUT2D eigenvalue weighted by molar-refractivity contribution is 7.15. The van der Waals surface area contributed by atoms with E-state index in [1.807, 2.05) is 6.92 Å². The van der Waals surface area contributed by atoms with Crippen LogP contribution in [0.2, 0.25) is 0 Å². The quantitative estimate of drug-likeness (QED) is 0.797. The van der Waals surface area contributed by atoms with Crippen molar-refractivity contribution in [1.82, 2.24) is 10.2 Å². The van der Waals surface area contributed by atoms with Gasteiger partial charge in [-0.2, -0.15) is 0 Å². The van der Waals surface area contributed by atoms with Crippen LogP contribution < -0.4 is 5.32 Å². The maximum Gasteiger partial charge on any atom is 0.205 e. The van der Waals surface area contributed by atoms with Crippen molar-refractivity contribution in [2.75, 3.05) is 5.32 Å². The van der Waals surface area contributed by atoms with Crippen molar-refractivity contribution in [2.45, 2.75) is 44.8 Å². The fraction of sp³-hybridized carbons (Fsp3) is 0.778. The molecule has 2 atom stereocenters. The van der Waals surface area contributed by atoms with Crippen molar-refractivity contribution < 1.29 is 5.11 Å². The third kappa shape index (κ3) is 2.22. The Labute approximate surface area is 87.4 Å². The molecule has 1 aliphatic carbocycles. The molecule has 1 aromatic rings. The topological polar surface area (TPSA) is 58.0 Å². The van der Waals surface area contributed by atoms with E-state index in [4.69, 9.17) is 0 Å². The molecule has 1 aliphatic rings. The first-order valence-electron chi connectivity index (χ1n) is 4.95. The Morgan fingerprint density at radius 1 is 1.43 bits per heavy atom. The van der Waals surface area contributed by atoms with Gasteiger partial charge in [-0.15, -0.1) is 10.2 Å². The van der Waals surface area contributed by atoms with Crippen molar-refractivity contribution in [3.05, 3.63) is 5.01 Å². The van der Waals surface area contributed by atoms with E-state index in [0.29, 0.717) is 5.92 Å². The second-order valence-corrected chi connectivity index (χ2v) is 4.90. The number of anilines is 1. The predicted molar refractivity (Wildman–Crippen MR) is 56.6 cm³/mol. The van der Waals surface area contributed by atoms with Gasteiger partial charge in [0.15, 0.2) is 0 Å². The third-order valence-electron chi connectivity index (χ3n) is 2.44. The summed E-state index contributed by atoms with van der Waals surface area (Å²) in [6, 6.07) is 0.0232. The highest BCUT2D eigenvalue weighted by atomic mass is 32.1. The van der Waals surface area contributed by atoms with Crippen LogP contribution >= 0.6 is 11.3 Å². The first-order chi connectivity index (χ1) is 6.66. The molecular weight excluding hydrogens is 198 g/mol. The van der Waals surface area contributed by atoms with Gasteiger partial charge in [0.25, 0.3) is 0 Å². The predicted octanol–water partition coefficient (Wildman–Crippen LogP) is 1.60. The van der Waals surface area contributed by atoms with Crippen molar-refractivity contribution in [2.24, 2.45) is 0 Å². The van der Waals surface area contributed by atoms with E-state index >= 15 is 0 Å². The fourth-order valence-electron chi connectivity index (χ4n) is 1.10. The number of hydrogen-bond donors (Lipinski definition) is 2. The molecular formula is C9H15N3OS. The Hall–Kier alpha value is -0.680. The number of aliphatic hydroxyl groups excluding tert-OH is 1. The minimum atomic E-state index is -0.372. The number of nitrogens with zero attached hydrogens (tertiary/aromatic N) is 2. The number of hydrogen-bond acceptors (Lipinski definition) is 5. The first kappa shape index (κ1) is 9.86. The van der Waals surface area contributed by atoms with Crippen LogP contribution in [-0.2, 0) is 0 Å². The second kappa shape index (κ2) is 3.82. The summed E-state index contributed by atoms with van der Waals surface area (Å²) in [4.78, 5) is 0.